The van der Waals surface area contributed by atoms with Gasteiger partial charge in [-0.1, -0.05) is 88.9 Å². The number of nitrogens with zero attached hydrogens (tertiary/aromatic N) is 1. The van der Waals surface area contributed by atoms with E-state index < -0.39 is 11.6 Å². The average Bonchev–Trinajstić information content (AvgIpc) is 2.80. The van der Waals surface area contributed by atoms with E-state index in [1.54, 1.807) is 36.4 Å². The molecule has 3 aromatic carbocycles. The number of carbonyl (C=O) groups excluding carboxylic acids is 2. The van der Waals surface area contributed by atoms with Crippen molar-refractivity contribution < 1.29 is 9.59 Å². The first-order valence-electron chi connectivity index (χ1n) is 11.5. The highest BCUT2D eigenvalue weighted by molar-refractivity contribution is 6.36. The topological polar surface area (TPSA) is 49.4 Å². The van der Waals surface area contributed by atoms with Gasteiger partial charge in [-0.15, -0.1) is 0 Å². The van der Waals surface area contributed by atoms with Crippen LogP contribution < -0.4 is 5.32 Å². The molecule has 0 unspecified atom stereocenters. The van der Waals surface area contributed by atoms with Gasteiger partial charge in [0.15, 0.2) is 0 Å². The Labute approximate surface area is 232 Å². The van der Waals surface area contributed by atoms with Gasteiger partial charge in [-0.25, -0.2) is 0 Å². The summed E-state index contributed by atoms with van der Waals surface area (Å²) in [5.74, 6) is -0.612. The van der Waals surface area contributed by atoms with Crippen molar-refractivity contribution in [1.29, 1.82) is 0 Å². The van der Waals surface area contributed by atoms with Crippen LogP contribution in [0.25, 0.3) is 0 Å². The normalized spacial score (nSPS) is 12.2. The Bertz CT molecular complexity index is 1190. The van der Waals surface area contributed by atoms with Gasteiger partial charge in [0, 0.05) is 44.2 Å². The predicted octanol–water partition coefficient (Wildman–Crippen LogP) is 7.40. The molecule has 3 rings (SSSR count). The molecular weight excluding hydrogens is 538 g/mol. The maximum Gasteiger partial charge on any atom is 0.243 e. The molecule has 0 saturated heterocycles. The van der Waals surface area contributed by atoms with E-state index >= 15 is 0 Å². The lowest BCUT2D eigenvalue weighted by Gasteiger charge is -2.34. The van der Waals surface area contributed by atoms with Crippen molar-refractivity contribution in [3.8, 4) is 0 Å². The Kier molecular flexibility index (Phi) is 9.71. The van der Waals surface area contributed by atoms with Gasteiger partial charge in [0.05, 0.1) is 6.42 Å². The standard InChI is InChI=1S/C28H28Cl4N2O2/c1-28(2,3)33-27(36)25(15-18-9-5-4-6-10-18)34(17-20-23(31)13-8-14-24(20)32)26(35)16-19-21(29)11-7-12-22(19)30/h4-14,25H,15-17H2,1-3H3,(H,33,36)/t25-/m1/s1. The van der Waals surface area contributed by atoms with E-state index in [9.17, 15) is 9.59 Å². The highest BCUT2D eigenvalue weighted by Crippen LogP contribution is 2.29. The van der Waals surface area contributed by atoms with Crippen LogP contribution in [0.5, 0.6) is 0 Å². The Hall–Kier alpha value is -2.24. The summed E-state index contributed by atoms with van der Waals surface area (Å²) < 4.78 is 0. The molecule has 2 amide bonds. The van der Waals surface area contributed by atoms with Crippen LogP contribution in [0, 0.1) is 0 Å². The summed E-state index contributed by atoms with van der Waals surface area (Å²) >= 11 is 25.7. The van der Waals surface area contributed by atoms with Crippen molar-refractivity contribution in [2.24, 2.45) is 0 Å². The second kappa shape index (κ2) is 12.3. The van der Waals surface area contributed by atoms with Gasteiger partial charge >= 0.3 is 0 Å². The van der Waals surface area contributed by atoms with Gasteiger partial charge in [0.25, 0.3) is 0 Å². The molecule has 4 nitrogen and oxygen atoms in total. The van der Waals surface area contributed by atoms with E-state index in [1.165, 1.54) is 4.90 Å². The molecule has 36 heavy (non-hydrogen) atoms. The van der Waals surface area contributed by atoms with Crippen LogP contribution in [-0.2, 0) is 29.0 Å². The monoisotopic (exact) mass is 564 g/mol. The molecule has 1 atom stereocenters. The van der Waals surface area contributed by atoms with Crippen LogP contribution >= 0.6 is 46.4 Å². The Balaban J connectivity index is 2.08. The first kappa shape index (κ1) is 28.3. The highest BCUT2D eigenvalue weighted by atomic mass is 35.5. The molecule has 3 aromatic rings. The molecule has 0 heterocycles. The Morgan fingerprint density at radius 1 is 0.778 bits per heavy atom. The Morgan fingerprint density at radius 2 is 1.28 bits per heavy atom. The summed E-state index contributed by atoms with van der Waals surface area (Å²) in [4.78, 5) is 29.0. The van der Waals surface area contributed by atoms with Crippen molar-refractivity contribution in [2.45, 2.75) is 51.7 Å². The molecule has 0 radical (unpaired) electrons. The fourth-order valence-electron chi connectivity index (χ4n) is 3.81. The van der Waals surface area contributed by atoms with Crippen LogP contribution in [0.2, 0.25) is 20.1 Å². The SMILES string of the molecule is CC(C)(C)NC(=O)[C@@H](Cc1ccccc1)N(Cc1c(Cl)cccc1Cl)C(=O)Cc1c(Cl)cccc1Cl. The molecule has 0 bridgehead atoms. The van der Waals surface area contributed by atoms with Gasteiger partial charge in [-0.05, 0) is 56.2 Å². The predicted molar refractivity (Wildman–Crippen MR) is 149 cm³/mol. The van der Waals surface area contributed by atoms with Crippen LogP contribution in [0.1, 0.15) is 37.5 Å². The summed E-state index contributed by atoms with van der Waals surface area (Å²) in [6, 6.07) is 18.9. The largest absolute Gasteiger partial charge is 0.350 e. The molecule has 0 aromatic heterocycles. The third-order valence-corrected chi connectivity index (χ3v) is 6.97. The maximum atomic E-state index is 13.9. The number of benzene rings is 3. The lowest BCUT2D eigenvalue weighted by Crippen LogP contribution is -2.54. The van der Waals surface area contributed by atoms with Gasteiger partial charge < -0.3 is 10.2 Å². The maximum absolute atomic E-state index is 13.9. The van der Waals surface area contributed by atoms with Crippen LogP contribution in [0.15, 0.2) is 66.7 Å². The number of carbonyl (C=O) groups is 2. The number of halogens is 4. The van der Waals surface area contributed by atoms with Crippen LogP contribution in [0.3, 0.4) is 0 Å². The van der Waals surface area contributed by atoms with E-state index in [2.05, 4.69) is 5.32 Å². The lowest BCUT2D eigenvalue weighted by molar-refractivity contribution is -0.141. The average molecular weight is 566 g/mol. The fourth-order valence-corrected chi connectivity index (χ4v) is 4.86. The summed E-state index contributed by atoms with van der Waals surface area (Å²) in [5, 5.41) is 4.60. The van der Waals surface area contributed by atoms with Crippen molar-refractivity contribution in [1.82, 2.24) is 10.2 Å². The number of amides is 2. The molecule has 0 aliphatic carbocycles. The minimum absolute atomic E-state index is 0.0362. The van der Waals surface area contributed by atoms with E-state index in [0.29, 0.717) is 37.6 Å². The van der Waals surface area contributed by atoms with Crippen molar-refractivity contribution in [3.05, 3.63) is 104 Å². The molecule has 0 saturated carbocycles. The summed E-state index contributed by atoms with van der Waals surface area (Å²) in [6.07, 6.45) is 0.210. The van der Waals surface area contributed by atoms with Gasteiger partial charge in [-0.2, -0.15) is 0 Å². The van der Waals surface area contributed by atoms with E-state index in [1.807, 2.05) is 51.1 Å². The molecular formula is C28H28Cl4N2O2. The molecule has 0 spiro atoms. The number of hydrogen-bond donors (Lipinski definition) is 1. The van der Waals surface area contributed by atoms with Gasteiger partial charge in [0.1, 0.15) is 6.04 Å². The number of nitrogens with one attached hydrogen (secondary N) is 1. The quantitative estimate of drug-likeness (QED) is 0.309. The van der Waals surface area contributed by atoms with Crippen LogP contribution in [0.4, 0.5) is 0 Å². The molecule has 0 fully saturated rings. The second-order valence-corrected chi connectivity index (χ2v) is 11.2. The number of rotatable bonds is 8. The minimum Gasteiger partial charge on any atom is -0.350 e. The zero-order chi connectivity index (χ0) is 26.5. The zero-order valence-electron chi connectivity index (χ0n) is 20.3. The van der Waals surface area contributed by atoms with E-state index in [-0.39, 0.29) is 24.8 Å². The summed E-state index contributed by atoms with van der Waals surface area (Å²) in [5.41, 5.74) is 1.46. The Morgan fingerprint density at radius 3 is 1.78 bits per heavy atom. The third kappa shape index (κ3) is 7.63. The summed E-state index contributed by atoms with van der Waals surface area (Å²) in [7, 11) is 0. The lowest BCUT2D eigenvalue weighted by atomic mass is 9.99. The van der Waals surface area contributed by atoms with Crippen LogP contribution in [-0.4, -0.2) is 28.3 Å². The molecule has 8 heteroatoms. The molecule has 0 aliphatic heterocycles. The molecule has 190 valence electrons. The van der Waals surface area contributed by atoms with E-state index in [0.717, 1.165) is 5.56 Å². The van der Waals surface area contributed by atoms with Crippen molar-refractivity contribution in [2.75, 3.05) is 0 Å². The van der Waals surface area contributed by atoms with Crippen molar-refractivity contribution >= 4 is 58.2 Å². The molecule has 1 N–H and O–H groups in total. The highest BCUT2D eigenvalue weighted by Gasteiger charge is 2.33. The third-order valence-electron chi connectivity index (χ3n) is 5.55. The van der Waals surface area contributed by atoms with E-state index in [4.69, 9.17) is 46.4 Å². The first-order chi connectivity index (χ1) is 17.0. The van der Waals surface area contributed by atoms with Gasteiger partial charge in [0.2, 0.25) is 11.8 Å². The minimum atomic E-state index is -0.840. The van der Waals surface area contributed by atoms with Crippen molar-refractivity contribution in [3.63, 3.8) is 0 Å². The first-order valence-corrected chi connectivity index (χ1v) is 13.0. The van der Waals surface area contributed by atoms with Gasteiger partial charge in [-0.3, -0.25) is 9.59 Å². The molecule has 0 aliphatic rings. The zero-order valence-corrected chi connectivity index (χ0v) is 23.3. The number of hydrogen-bond acceptors (Lipinski definition) is 2. The summed E-state index contributed by atoms with van der Waals surface area (Å²) in [6.45, 7) is 5.72. The smallest absolute Gasteiger partial charge is 0.243 e. The fraction of sp³-hybridized carbons (Fsp3) is 0.286. The second-order valence-electron chi connectivity index (χ2n) is 9.54.